The van der Waals surface area contributed by atoms with Crippen LogP contribution < -0.4 is 4.72 Å². The van der Waals surface area contributed by atoms with E-state index in [4.69, 9.17) is 0 Å². The molecule has 0 unspecified atom stereocenters. The van der Waals surface area contributed by atoms with E-state index in [1.807, 2.05) is 6.92 Å². The van der Waals surface area contributed by atoms with E-state index in [-0.39, 0.29) is 17.3 Å². The third-order valence-corrected chi connectivity index (χ3v) is 6.04. The molecule has 0 saturated carbocycles. The number of hydrogen-bond donors (Lipinski definition) is 3. The molecular formula is C20H19FN4O2S. The van der Waals surface area contributed by atoms with Gasteiger partial charge >= 0.3 is 0 Å². The molecule has 0 amide bonds. The maximum absolute atomic E-state index is 13.3. The zero-order valence-corrected chi connectivity index (χ0v) is 16.0. The molecule has 0 spiro atoms. The highest BCUT2D eigenvalue weighted by Crippen LogP contribution is 2.29. The van der Waals surface area contributed by atoms with Crippen molar-refractivity contribution in [2.45, 2.75) is 18.2 Å². The van der Waals surface area contributed by atoms with Crippen molar-refractivity contribution in [3.05, 3.63) is 72.2 Å². The van der Waals surface area contributed by atoms with Crippen molar-refractivity contribution in [3.63, 3.8) is 0 Å². The summed E-state index contributed by atoms with van der Waals surface area (Å²) in [6, 6.07) is 11.2. The van der Waals surface area contributed by atoms with Crippen LogP contribution in [-0.2, 0) is 16.4 Å². The number of rotatable bonds is 6. The Bertz CT molecular complexity index is 1230. The van der Waals surface area contributed by atoms with E-state index in [9.17, 15) is 12.8 Å². The van der Waals surface area contributed by atoms with Crippen LogP contribution in [0, 0.1) is 12.7 Å². The molecule has 0 atom stereocenters. The van der Waals surface area contributed by atoms with Crippen molar-refractivity contribution in [2.24, 2.45) is 0 Å². The molecule has 2 aromatic carbocycles. The van der Waals surface area contributed by atoms with E-state index < -0.39 is 10.0 Å². The summed E-state index contributed by atoms with van der Waals surface area (Å²) in [4.78, 5) is 10.4. The molecule has 0 aliphatic heterocycles. The quantitative estimate of drug-likeness (QED) is 0.464. The van der Waals surface area contributed by atoms with Gasteiger partial charge in [0.25, 0.3) is 0 Å². The first-order chi connectivity index (χ1) is 13.4. The van der Waals surface area contributed by atoms with Crippen LogP contribution in [0.25, 0.3) is 22.0 Å². The van der Waals surface area contributed by atoms with Gasteiger partial charge in [0.15, 0.2) is 0 Å². The Labute approximate surface area is 161 Å². The second-order valence-electron chi connectivity index (χ2n) is 6.56. The van der Waals surface area contributed by atoms with Gasteiger partial charge in [0.2, 0.25) is 10.0 Å². The Morgan fingerprint density at radius 1 is 1.14 bits per heavy atom. The van der Waals surface area contributed by atoms with E-state index in [1.165, 1.54) is 12.1 Å². The molecule has 0 radical (unpaired) electrons. The van der Waals surface area contributed by atoms with Crippen LogP contribution in [0.4, 0.5) is 4.39 Å². The standard InChI is InChI=1S/C20H19FN4O2S/c1-13-22-11-16(25-13)8-9-24-28(26,27)17-5-2-14(3-6-17)19-12-23-20-10-15(21)4-7-18(19)20/h2-7,10-12,23-24H,8-9H2,1H3,(H,22,25). The fourth-order valence-electron chi connectivity index (χ4n) is 3.15. The highest BCUT2D eigenvalue weighted by atomic mass is 32.2. The number of sulfonamides is 1. The minimum Gasteiger partial charge on any atom is -0.360 e. The van der Waals surface area contributed by atoms with Crippen molar-refractivity contribution < 1.29 is 12.8 Å². The molecule has 144 valence electrons. The Balaban J connectivity index is 1.50. The molecule has 8 heteroatoms. The number of benzene rings is 2. The van der Waals surface area contributed by atoms with Gasteiger partial charge in [-0.15, -0.1) is 0 Å². The Morgan fingerprint density at radius 2 is 1.93 bits per heavy atom. The lowest BCUT2D eigenvalue weighted by atomic mass is 10.1. The number of nitrogens with zero attached hydrogens (tertiary/aromatic N) is 1. The lowest BCUT2D eigenvalue weighted by molar-refractivity contribution is 0.581. The first kappa shape index (κ1) is 18.4. The molecule has 2 heterocycles. The highest BCUT2D eigenvalue weighted by molar-refractivity contribution is 7.89. The molecule has 2 aromatic heterocycles. The highest BCUT2D eigenvalue weighted by Gasteiger charge is 2.14. The van der Waals surface area contributed by atoms with E-state index in [0.717, 1.165) is 28.0 Å². The Kier molecular flexibility index (Phi) is 4.74. The van der Waals surface area contributed by atoms with Crippen molar-refractivity contribution in [3.8, 4) is 11.1 Å². The number of H-pyrrole nitrogens is 2. The molecule has 0 bridgehead atoms. The smallest absolute Gasteiger partial charge is 0.240 e. The molecule has 6 nitrogen and oxygen atoms in total. The summed E-state index contributed by atoms with van der Waals surface area (Å²) in [5, 5.41) is 0.880. The van der Waals surface area contributed by atoms with E-state index in [2.05, 4.69) is 19.7 Å². The maximum atomic E-state index is 13.3. The number of hydrogen-bond acceptors (Lipinski definition) is 3. The number of aromatic nitrogens is 3. The van der Waals surface area contributed by atoms with Gasteiger partial charge in [-0.1, -0.05) is 12.1 Å². The van der Waals surface area contributed by atoms with Gasteiger partial charge in [-0.3, -0.25) is 0 Å². The summed E-state index contributed by atoms with van der Waals surface area (Å²) in [5.74, 6) is 0.493. The molecule has 4 aromatic rings. The molecule has 3 N–H and O–H groups in total. The van der Waals surface area contributed by atoms with E-state index in [0.29, 0.717) is 11.9 Å². The first-order valence-corrected chi connectivity index (χ1v) is 10.3. The lowest BCUT2D eigenvalue weighted by Gasteiger charge is -2.07. The minimum absolute atomic E-state index is 0.197. The number of nitrogens with one attached hydrogen (secondary N) is 3. The fraction of sp³-hybridized carbons (Fsp3) is 0.150. The second kappa shape index (κ2) is 7.21. The number of aryl methyl sites for hydroxylation is 1. The van der Waals surface area contributed by atoms with Crippen LogP contribution in [0.15, 0.2) is 59.8 Å². The predicted molar refractivity (Wildman–Crippen MR) is 106 cm³/mol. The average molecular weight is 398 g/mol. The zero-order valence-electron chi connectivity index (χ0n) is 15.2. The van der Waals surface area contributed by atoms with Gasteiger partial charge in [0.05, 0.1) is 4.90 Å². The summed E-state index contributed by atoms with van der Waals surface area (Å²) >= 11 is 0. The van der Waals surface area contributed by atoms with Crippen LogP contribution >= 0.6 is 0 Å². The number of halogens is 1. The lowest BCUT2D eigenvalue weighted by Crippen LogP contribution is -2.26. The van der Waals surface area contributed by atoms with Crippen molar-refractivity contribution in [2.75, 3.05) is 6.54 Å². The van der Waals surface area contributed by atoms with Gasteiger partial charge in [-0.2, -0.15) is 0 Å². The summed E-state index contributed by atoms with van der Waals surface area (Å²) in [7, 11) is -3.60. The van der Waals surface area contributed by atoms with Crippen molar-refractivity contribution in [1.82, 2.24) is 19.7 Å². The van der Waals surface area contributed by atoms with Gasteiger partial charge < -0.3 is 9.97 Å². The first-order valence-electron chi connectivity index (χ1n) is 8.79. The monoisotopic (exact) mass is 398 g/mol. The molecule has 28 heavy (non-hydrogen) atoms. The van der Waals surface area contributed by atoms with Gasteiger partial charge in [0, 0.05) is 47.5 Å². The van der Waals surface area contributed by atoms with Gasteiger partial charge in [0.1, 0.15) is 11.6 Å². The molecule has 4 rings (SSSR count). The summed E-state index contributed by atoms with van der Waals surface area (Å²) < 4.78 is 40.9. The van der Waals surface area contributed by atoms with Gasteiger partial charge in [-0.25, -0.2) is 22.5 Å². The summed E-state index contributed by atoms with van der Waals surface area (Å²) in [5.41, 5.74) is 3.32. The van der Waals surface area contributed by atoms with Crippen LogP contribution in [-0.4, -0.2) is 29.9 Å². The zero-order chi connectivity index (χ0) is 19.7. The Morgan fingerprint density at radius 3 is 2.64 bits per heavy atom. The second-order valence-corrected chi connectivity index (χ2v) is 8.33. The third kappa shape index (κ3) is 3.69. The Hall–Kier alpha value is -2.97. The topological polar surface area (TPSA) is 90.6 Å². The van der Waals surface area contributed by atoms with Gasteiger partial charge in [-0.05, 0) is 42.8 Å². The largest absolute Gasteiger partial charge is 0.360 e. The average Bonchev–Trinajstić information content (AvgIpc) is 3.27. The van der Waals surface area contributed by atoms with Crippen LogP contribution in [0.2, 0.25) is 0 Å². The number of fused-ring (bicyclic) bond motifs is 1. The number of imidazole rings is 1. The maximum Gasteiger partial charge on any atom is 0.240 e. The van der Waals surface area contributed by atoms with Crippen LogP contribution in [0.5, 0.6) is 0 Å². The van der Waals surface area contributed by atoms with Crippen LogP contribution in [0.3, 0.4) is 0 Å². The number of aromatic amines is 2. The molecular weight excluding hydrogens is 379 g/mol. The summed E-state index contributed by atoms with van der Waals surface area (Å²) in [6.45, 7) is 2.12. The fourth-order valence-corrected chi connectivity index (χ4v) is 4.18. The predicted octanol–water partition coefficient (Wildman–Crippen LogP) is 3.53. The van der Waals surface area contributed by atoms with E-state index in [1.54, 1.807) is 42.7 Å². The minimum atomic E-state index is -3.60. The molecule has 0 fully saturated rings. The SMILES string of the molecule is Cc1ncc(CCNS(=O)(=O)c2ccc(-c3c[nH]c4cc(F)ccc34)cc2)[nH]1. The van der Waals surface area contributed by atoms with Crippen molar-refractivity contribution in [1.29, 1.82) is 0 Å². The van der Waals surface area contributed by atoms with Crippen LogP contribution in [0.1, 0.15) is 11.5 Å². The normalized spacial score (nSPS) is 11.9. The van der Waals surface area contributed by atoms with E-state index >= 15 is 0 Å². The third-order valence-electron chi connectivity index (χ3n) is 4.56. The molecule has 0 aliphatic rings. The molecule has 0 aliphatic carbocycles. The summed E-state index contributed by atoms with van der Waals surface area (Å²) in [6.07, 6.45) is 4.02. The van der Waals surface area contributed by atoms with Crippen molar-refractivity contribution >= 4 is 20.9 Å². The molecule has 0 saturated heterocycles.